The van der Waals surface area contributed by atoms with Gasteiger partial charge in [-0.25, -0.2) is 13.2 Å². The van der Waals surface area contributed by atoms with Gasteiger partial charge in [0.1, 0.15) is 6.04 Å². The number of rotatable bonds is 9. The average molecular weight is 583 g/mol. The maximum absolute atomic E-state index is 13.7. The lowest BCUT2D eigenvalue weighted by molar-refractivity contribution is -0.125. The van der Waals surface area contributed by atoms with Crippen LogP contribution in [0.25, 0.3) is 0 Å². The van der Waals surface area contributed by atoms with Crippen molar-refractivity contribution in [3.8, 4) is 0 Å². The smallest absolute Gasteiger partial charge is 0.405 e. The second-order valence-electron chi connectivity index (χ2n) is 11.8. The molecular weight excluding hydrogens is 540 g/mol. The van der Waals surface area contributed by atoms with Gasteiger partial charge in [-0.1, -0.05) is 50.4 Å². The van der Waals surface area contributed by atoms with E-state index in [4.69, 9.17) is 11.6 Å². The monoisotopic (exact) mass is 582 g/mol. The molecule has 2 heterocycles. The first-order valence-electron chi connectivity index (χ1n) is 14.3. The number of nitrogens with zero attached hydrogens (tertiary/aromatic N) is 1. The largest absolute Gasteiger partial charge is 0.465 e. The van der Waals surface area contributed by atoms with Crippen LogP contribution in [0.5, 0.6) is 0 Å². The van der Waals surface area contributed by atoms with Gasteiger partial charge < -0.3 is 21.1 Å². The molecule has 1 saturated carbocycles. The summed E-state index contributed by atoms with van der Waals surface area (Å²) in [6.07, 6.45) is 5.76. The summed E-state index contributed by atoms with van der Waals surface area (Å²) in [7, 11) is -3.24. The molecule has 4 rings (SSSR count). The summed E-state index contributed by atoms with van der Waals surface area (Å²) in [5.74, 6) is -0.260. The summed E-state index contributed by atoms with van der Waals surface area (Å²) >= 11 is 6.08. The van der Waals surface area contributed by atoms with E-state index in [1.807, 2.05) is 26.0 Å². The van der Waals surface area contributed by atoms with E-state index in [-0.39, 0.29) is 47.5 Å². The molecular formula is C28H43ClN4O5S. The van der Waals surface area contributed by atoms with E-state index in [0.717, 1.165) is 50.5 Å². The number of amides is 2. The van der Waals surface area contributed by atoms with Crippen LogP contribution in [0.15, 0.2) is 24.3 Å². The summed E-state index contributed by atoms with van der Waals surface area (Å²) in [5, 5.41) is 19.4. The van der Waals surface area contributed by atoms with Crippen LogP contribution in [0.3, 0.4) is 0 Å². The minimum absolute atomic E-state index is 0.00544. The molecule has 7 atom stereocenters. The van der Waals surface area contributed by atoms with E-state index < -0.39 is 22.2 Å². The Bertz CT molecular complexity index is 1100. The fourth-order valence-electron chi connectivity index (χ4n) is 6.77. The fraction of sp³-hybridized carbons (Fsp3) is 0.714. The van der Waals surface area contributed by atoms with Gasteiger partial charge in [0, 0.05) is 42.2 Å². The first-order valence-corrected chi connectivity index (χ1v) is 16.3. The maximum Gasteiger partial charge on any atom is 0.405 e. The predicted molar refractivity (Wildman–Crippen MR) is 152 cm³/mol. The van der Waals surface area contributed by atoms with Crippen LogP contribution in [-0.4, -0.2) is 72.8 Å². The van der Waals surface area contributed by atoms with Gasteiger partial charge in [0.2, 0.25) is 15.9 Å². The molecule has 2 saturated heterocycles. The Morgan fingerprint density at radius 3 is 2.51 bits per heavy atom. The highest BCUT2D eigenvalue weighted by Crippen LogP contribution is 2.33. The van der Waals surface area contributed by atoms with E-state index in [2.05, 4.69) is 16.0 Å². The molecule has 1 aromatic carbocycles. The van der Waals surface area contributed by atoms with Gasteiger partial charge in [0.25, 0.3) is 0 Å². The molecule has 39 heavy (non-hydrogen) atoms. The Balaban J connectivity index is 1.46. The molecule has 2 aliphatic heterocycles. The highest BCUT2D eigenvalue weighted by atomic mass is 35.5. The Kier molecular flexibility index (Phi) is 10.2. The van der Waals surface area contributed by atoms with Crippen molar-refractivity contribution >= 4 is 33.6 Å². The molecule has 2 bridgehead atoms. The molecule has 1 unspecified atom stereocenters. The summed E-state index contributed by atoms with van der Waals surface area (Å²) in [6.45, 7) is 5.16. The number of nitrogens with one attached hydrogen (secondary N) is 3. The van der Waals surface area contributed by atoms with Crippen LogP contribution in [0.4, 0.5) is 4.79 Å². The SMILES string of the molecule is CC(C)[C@@H](c1ccc(Cl)cc1)[C@H](NC(=O)O)C(=O)N[C@H]1CCCC[C@@H]1CC[C@H]1CN[C@@H]2CCCS(=O)(=O)N1C2. The molecule has 1 aliphatic carbocycles. The lowest BCUT2D eigenvalue weighted by Gasteiger charge is -2.40. The Hall–Kier alpha value is -1.88. The third-order valence-corrected chi connectivity index (χ3v) is 11.0. The van der Waals surface area contributed by atoms with Gasteiger partial charge in [-0.2, -0.15) is 4.31 Å². The highest BCUT2D eigenvalue weighted by Gasteiger charge is 2.40. The number of carbonyl (C=O) groups is 2. The molecule has 3 aliphatic rings. The van der Waals surface area contributed by atoms with E-state index in [1.54, 1.807) is 16.4 Å². The van der Waals surface area contributed by atoms with Crippen molar-refractivity contribution in [3.05, 3.63) is 34.9 Å². The average Bonchev–Trinajstić information content (AvgIpc) is 3.00. The molecule has 1 aromatic rings. The van der Waals surface area contributed by atoms with Crippen LogP contribution in [0, 0.1) is 11.8 Å². The van der Waals surface area contributed by atoms with E-state index in [0.29, 0.717) is 24.5 Å². The topological polar surface area (TPSA) is 128 Å². The van der Waals surface area contributed by atoms with E-state index in [1.165, 1.54) is 0 Å². The molecule has 2 amide bonds. The van der Waals surface area contributed by atoms with Crippen LogP contribution in [0.1, 0.15) is 76.7 Å². The lowest BCUT2D eigenvalue weighted by atomic mass is 9.79. The predicted octanol–water partition coefficient (Wildman–Crippen LogP) is 3.94. The minimum Gasteiger partial charge on any atom is -0.465 e. The first-order chi connectivity index (χ1) is 18.5. The van der Waals surface area contributed by atoms with E-state index in [9.17, 15) is 23.1 Å². The van der Waals surface area contributed by atoms with Gasteiger partial charge in [0.15, 0.2) is 0 Å². The van der Waals surface area contributed by atoms with Crippen molar-refractivity contribution in [1.29, 1.82) is 0 Å². The second kappa shape index (κ2) is 13.2. The molecule has 11 heteroatoms. The number of halogens is 1. The second-order valence-corrected chi connectivity index (χ2v) is 14.2. The zero-order chi connectivity index (χ0) is 28.2. The molecule has 0 radical (unpaired) electrons. The van der Waals surface area contributed by atoms with Crippen molar-refractivity contribution in [2.75, 3.05) is 18.8 Å². The Morgan fingerprint density at radius 2 is 1.82 bits per heavy atom. The van der Waals surface area contributed by atoms with Crippen molar-refractivity contribution in [2.24, 2.45) is 11.8 Å². The summed E-state index contributed by atoms with van der Waals surface area (Å²) in [4.78, 5) is 25.4. The van der Waals surface area contributed by atoms with Gasteiger partial charge >= 0.3 is 6.09 Å². The Labute approximate surface area is 237 Å². The van der Waals surface area contributed by atoms with Gasteiger partial charge in [-0.15, -0.1) is 0 Å². The third kappa shape index (κ3) is 7.65. The fourth-order valence-corrected chi connectivity index (χ4v) is 8.70. The van der Waals surface area contributed by atoms with Gasteiger partial charge in [-0.05, 0) is 68.1 Å². The molecule has 4 N–H and O–H groups in total. The van der Waals surface area contributed by atoms with Gasteiger partial charge in [-0.3, -0.25) is 4.79 Å². The number of carbonyl (C=O) groups excluding carboxylic acids is 1. The van der Waals surface area contributed by atoms with Crippen molar-refractivity contribution in [1.82, 2.24) is 20.3 Å². The molecule has 3 fully saturated rings. The third-order valence-electron chi connectivity index (χ3n) is 8.76. The highest BCUT2D eigenvalue weighted by molar-refractivity contribution is 7.89. The van der Waals surface area contributed by atoms with Crippen molar-refractivity contribution < 1.29 is 23.1 Å². The summed E-state index contributed by atoms with van der Waals surface area (Å²) < 4.78 is 27.5. The molecule has 9 nitrogen and oxygen atoms in total. The van der Waals surface area contributed by atoms with E-state index >= 15 is 0 Å². The number of piperazine rings is 1. The van der Waals surface area contributed by atoms with Crippen LogP contribution in [0.2, 0.25) is 5.02 Å². The Morgan fingerprint density at radius 1 is 1.10 bits per heavy atom. The molecule has 218 valence electrons. The normalized spacial score (nSPS) is 30.1. The quantitative estimate of drug-likeness (QED) is 0.349. The summed E-state index contributed by atoms with van der Waals surface area (Å²) in [5.41, 5.74) is 0.852. The van der Waals surface area contributed by atoms with Crippen LogP contribution in [-0.2, 0) is 14.8 Å². The van der Waals surface area contributed by atoms with Crippen LogP contribution < -0.4 is 16.0 Å². The molecule has 0 spiro atoms. The molecule has 0 aromatic heterocycles. The maximum atomic E-state index is 13.7. The minimum atomic E-state index is -3.24. The first kappa shape index (κ1) is 30.1. The van der Waals surface area contributed by atoms with Crippen LogP contribution >= 0.6 is 11.6 Å². The van der Waals surface area contributed by atoms with Crippen molar-refractivity contribution in [2.45, 2.75) is 95.3 Å². The lowest BCUT2D eigenvalue weighted by Crippen LogP contribution is -2.57. The number of carboxylic acid groups (broad SMARTS) is 1. The standard InChI is InChI=1S/C28H43ClN4O5S/c1-18(2)25(20-9-12-21(29)13-10-20)26(32-28(35)36)27(34)31-24-8-4-3-6-19(24)11-14-23-16-30-22-7-5-15-39(37,38)33(23)17-22/h9-10,12-13,18-19,22-26,30,32H,3-8,11,14-17H2,1-2H3,(H,31,34)(H,35,36)/t19-,22-,23+,24+,25+,26+/m1/s1. The van der Waals surface area contributed by atoms with Gasteiger partial charge in [0.05, 0.1) is 5.75 Å². The number of fused-ring (bicyclic) bond motifs is 2. The number of hydrogen-bond donors (Lipinski definition) is 4. The number of hydrogen-bond acceptors (Lipinski definition) is 5. The number of sulfonamides is 1. The van der Waals surface area contributed by atoms with Crippen molar-refractivity contribution in [3.63, 3.8) is 0 Å². The zero-order valence-corrected chi connectivity index (χ0v) is 24.5. The zero-order valence-electron chi connectivity index (χ0n) is 22.9. The summed E-state index contributed by atoms with van der Waals surface area (Å²) in [6, 6.07) is 6.34. The number of benzene rings is 1.